The van der Waals surface area contributed by atoms with Crippen LogP contribution < -0.4 is 15.1 Å². The normalized spacial score (nSPS) is 16.8. The first kappa shape index (κ1) is 19.9. The molecule has 1 atom stereocenters. The third-order valence-corrected chi connectivity index (χ3v) is 5.40. The number of aliphatic hydroxyl groups excluding tert-OH is 1. The molecule has 1 aliphatic rings. The molecule has 3 aromatic rings. The van der Waals surface area contributed by atoms with Crippen LogP contribution in [-0.2, 0) is 0 Å². The quantitative estimate of drug-likeness (QED) is 0.465. The first-order valence-corrected chi connectivity index (χ1v) is 9.86. The average Bonchev–Trinajstić information content (AvgIpc) is 3.20. The number of hydrogen-bond donors (Lipinski definition) is 2. The molecule has 1 fully saturated rings. The fraction of sp³-hybridized carbons (Fsp3) is 0.400. The van der Waals surface area contributed by atoms with Gasteiger partial charge in [-0.3, -0.25) is 10.1 Å². The predicted octanol–water partition coefficient (Wildman–Crippen LogP) is 2.56. The van der Waals surface area contributed by atoms with E-state index in [9.17, 15) is 10.1 Å². The molecule has 1 aromatic heterocycles. The van der Waals surface area contributed by atoms with Crippen molar-refractivity contribution in [3.63, 3.8) is 0 Å². The molecule has 0 radical (unpaired) electrons. The van der Waals surface area contributed by atoms with E-state index in [1.165, 1.54) is 11.3 Å². The maximum absolute atomic E-state index is 11.6. The van der Waals surface area contributed by atoms with Gasteiger partial charge in [0.15, 0.2) is 5.52 Å². The topological polar surface area (TPSA) is 121 Å². The predicted molar refractivity (Wildman–Crippen MR) is 114 cm³/mol. The van der Waals surface area contributed by atoms with E-state index in [0.717, 1.165) is 18.8 Å². The van der Waals surface area contributed by atoms with Crippen LogP contribution in [0.3, 0.4) is 0 Å². The molecule has 1 saturated heterocycles. The highest BCUT2D eigenvalue weighted by atomic mass is 16.6. The SMILES string of the molecule is Cc1cccc(N2CCN(c3cc(NCCO)c([N+](=O)[O-])c4nonc34)C[C@H]2C)c1. The third kappa shape index (κ3) is 3.61. The molecule has 10 nitrogen and oxygen atoms in total. The number of aliphatic hydroxyl groups is 1. The minimum Gasteiger partial charge on any atom is -0.395 e. The molecule has 2 aromatic carbocycles. The van der Waals surface area contributed by atoms with Crippen LogP contribution in [0.15, 0.2) is 35.0 Å². The summed E-state index contributed by atoms with van der Waals surface area (Å²) in [7, 11) is 0. The molecule has 0 aliphatic carbocycles. The van der Waals surface area contributed by atoms with Crippen LogP contribution in [0.2, 0.25) is 0 Å². The Balaban J connectivity index is 1.67. The Labute approximate surface area is 173 Å². The Morgan fingerprint density at radius 1 is 1.30 bits per heavy atom. The van der Waals surface area contributed by atoms with Crippen molar-refractivity contribution in [2.45, 2.75) is 19.9 Å². The summed E-state index contributed by atoms with van der Waals surface area (Å²) in [5.41, 5.74) is 3.69. The molecule has 0 bridgehead atoms. The highest BCUT2D eigenvalue weighted by molar-refractivity contribution is 5.99. The van der Waals surface area contributed by atoms with Crippen molar-refractivity contribution < 1.29 is 14.7 Å². The summed E-state index contributed by atoms with van der Waals surface area (Å²) in [4.78, 5) is 15.6. The molecule has 0 spiro atoms. The summed E-state index contributed by atoms with van der Waals surface area (Å²) in [6.45, 7) is 6.51. The third-order valence-electron chi connectivity index (χ3n) is 5.40. The van der Waals surface area contributed by atoms with Gasteiger partial charge in [0.2, 0.25) is 5.52 Å². The molecule has 2 N–H and O–H groups in total. The Hall–Kier alpha value is -3.40. The molecule has 0 unspecified atom stereocenters. The van der Waals surface area contributed by atoms with Gasteiger partial charge in [0.05, 0.1) is 17.2 Å². The van der Waals surface area contributed by atoms with E-state index in [-0.39, 0.29) is 30.4 Å². The standard InChI is InChI=1S/C20H24N6O4/c1-13-4-3-5-15(10-13)25-8-7-24(12-14(25)2)17-11-16(21-6-9-27)20(26(28)29)19-18(17)22-30-23-19/h3-5,10-11,14,21,27H,6-9,12H2,1-2H3/t14-/m1/s1. The minimum atomic E-state index is -0.506. The van der Waals surface area contributed by atoms with Gasteiger partial charge in [0, 0.05) is 37.9 Å². The highest BCUT2D eigenvalue weighted by Crippen LogP contribution is 2.39. The number of anilines is 3. The first-order chi connectivity index (χ1) is 14.5. The van der Waals surface area contributed by atoms with Gasteiger partial charge in [-0.05, 0) is 47.9 Å². The van der Waals surface area contributed by atoms with Gasteiger partial charge in [0.1, 0.15) is 5.69 Å². The van der Waals surface area contributed by atoms with Gasteiger partial charge < -0.3 is 20.2 Å². The zero-order chi connectivity index (χ0) is 21.3. The van der Waals surface area contributed by atoms with Crippen LogP contribution in [0.4, 0.5) is 22.7 Å². The van der Waals surface area contributed by atoms with Gasteiger partial charge >= 0.3 is 5.69 Å². The van der Waals surface area contributed by atoms with Crippen LogP contribution in [0.1, 0.15) is 12.5 Å². The summed E-state index contributed by atoms with van der Waals surface area (Å²) in [6.07, 6.45) is 0. The van der Waals surface area contributed by atoms with E-state index in [1.807, 2.05) is 0 Å². The second kappa shape index (κ2) is 8.15. The zero-order valence-corrected chi connectivity index (χ0v) is 16.9. The number of aromatic nitrogens is 2. The second-order valence-electron chi connectivity index (χ2n) is 7.49. The summed E-state index contributed by atoms with van der Waals surface area (Å²) >= 11 is 0. The Kier molecular flexibility index (Phi) is 5.40. The lowest BCUT2D eigenvalue weighted by Gasteiger charge is -2.42. The minimum absolute atomic E-state index is 0.103. The Morgan fingerprint density at radius 3 is 2.80 bits per heavy atom. The van der Waals surface area contributed by atoms with Gasteiger partial charge in [-0.2, -0.15) is 0 Å². The van der Waals surface area contributed by atoms with Crippen molar-refractivity contribution >= 4 is 33.8 Å². The first-order valence-electron chi connectivity index (χ1n) is 9.86. The number of fused-ring (bicyclic) bond motifs is 1. The van der Waals surface area contributed by atoms with Gasteiger partial charge in [-0.15, -0.1) is 0 Å². The van der Waals surface area contributed by atoms with Crippen LogP contribution in [0, 0.1) is 17.0 Å². The van der Waals surface area contributed by atoms with Crippen molar-refractivity contribution in [3.8, 4) is 0 Å². The van der Waals surface area contributed by atoms with Crippen molar-refractivity contribution in [1.82, 2.24) is 10.3 Å². The van der Waals surface area contributed by atoms with Crippen LogP contribution in [0.25, 0.3) is 11.0 Å². The number of aryl methyl sites for hydroxylation is 1. The summed E-state index contributed by atoms with van der Waals surface area (Å²) in [5, 5.41) is 31.4. The second-order valence-corrected chi connectivity index (χ2v) is 7.49. The molecule has 0 amide bonds. The van der Waals surface area contributed by atoms with E-state index >= 15 is 0 Å². The maximum atomic E-state index is 11.6. The molecule has 30 heavy (non-hydrogen) atoms. The summed E-state index contributed by atoms with van der Waals surface area (Å²) < 4.78 is 4.86. The molecular weight excluding hydrogens is 388 g/mol. The molecule has 10 heteroatoms. The Morgan fingerprint density at radius 2 is 2.10 bits per heavy atom. The summed E-state index contributed by atoms with van der Waals surface area (Å²) in [5.74, 6) is 0. The van der Waals surface area contributed by atoms with E-state index in [2.05, 4.69) is 63.5 Å². The van der Waals surface area contributed by atoms with Crippen LogP contribution >= 0.6 is 0 Å². The lowest BCUT2D eigenvalue weighted by atomic mass is 10.1. The maximum Gasteiger partial charge on any atom is 0.323 e. The molecule has 2 heterocycles. The van der Waals surface area contributed by atoms with Crippen molar-refractivity contribution in [3.05, 3.63) is 46.0 Å². The number of nitrogens with one attached hydrogen (secondary N) is 1. The van der Waals surface area contributed by atoms with Crippen molar-refractivity contribution in [2.24, 2.45) is 0 Å². The smallest absolute Gasteiger partial charge is 0.323 e. The number of nitro benzene ring substituents is 1. The van der Waals surface area contributed by atoms with Crippen molar-refractivity contribution in [1.29, 1.82) is 0 Å². The zero-order valence-electron chi connectivity index (χ0n) is 16.9. The van der Waals surface area contributed by atoms with E-state index in [0.29, 0.717) is 17.7 Å². The number of piperazine rings is 1. The van der Waals surface area contributed by atoms with E-state index < -0.39 is 4.92 Å². The van der Waals surface area contributed by atoms with Gasteiger partial charge in [-0.25, -0.2) is 4.63 Å². The summed E-state index contributed by atoms with van der Waals surface area (Å²) in [6, 6.07) is 10.4. The van der Waals surface area contributed by atoms with Crippen molar-refractivity contribution in [2.75, 3.05) is 47.9 Å². The Bertz CT molecular complexity index is 1070. The lowest BCUT2D eigenvalue weighted by molar-refractivity contribution is -0.382. The van der Waals surface area contributed by atoms with E-state index in [1.54, 1.807) is 6.07 Å². The molecule has 0 saturated carbocycles. The number of rotatable bonds is 6. The molecule has 1 aliphatic heterocycles. The monoisotopic (exact) mass is 412 g/mol. The molecular formula is C20H24N6O4. The molecule has 158 valence electrons. The largest absolute Gasteiger partial charge is 0.395 e. The van der Waals surface area contributed by atoms with Crippen LogP contribution in [-0.4, -0.2) is 59.2 Å². The number of nitrogens with zero attached hydrogens (tertiary/aromatic N) is 5. The average molecular weight is 412 g/mol. The van der Waals surface area contributed by atoms with Gasteiger partial charge in [-0.1, -0.05) is 12.1 Å². The van der Waals surface area contributed by atoms with Gasteiger partial charge in [0.25, 0.3) is 0 Å². The molecule has 4 rings (SSSR count). The fourth-order valence-corrected chi connectivity index (χ4v) is 4.03. The number of benzene rings is 2. The lowest BCUT2D eigenvalue weighted by Crippen LogP contribution is -2.52. The number of nitro groups is 1. The van der Waals surface area contributed by atoms with E-state index in [4.69, 9.17) is 9.74 Å². The van der Waals surface area contributed by atoms with Crippen LogP contribution in [0.5, 0.6) is 0 Å². The fourth-order valence-electron chi connectivity index (χ4n) is 4.03. The highest BCUT2D eigenvalue weighted by Gasteiger charge is 2.31. The number of hydrogen-bond acceptors (Lipinski definition) is 9.